The fraction of sp³-hybridized carbons (Fsp3) is 0.273. The molecule has 0 radical (unpaired) electrons. The summed E-state index contributed by atoms with van der Waals surface area (Å²) in [4.78, 5) is 11.8. The smallest absolute Gasteiger partial charge is 0.410 e. The van der Waals surface area contributed by atoms with Crippen LogP contribution in [0.5, 0.6) is 5.75 Å². The number of carbonyl (C=O) groups excluding carboxylic acids is 1. The Morgan fingerprint density at radius 2 is 1.86 bits per heavy atom. The molecular formula is C22H30FN3O2. The van der Waals surface area contributed by atoms with Gasteiger partial charge >= 0.3 is 6.09 Å². The number of hydrogen-bond donors (Lipinski definition) is 1. The molecule has 1 aromatic heterocycles. The van der Waals surface area contributed by atoms with Crippen molar-refractivity contribution in [2.24, 2.45) is 0 Å². The van der Waals surface area contributed by atoms with E-state index in [4.69, 9.17) is 4.74 Å². The molecule has 5 nitrogen and oxygen atoms in total. The third-order valence-corrected chi connectivity index (χ3v) is 3.00. The van der Waals surface area contributed by atoms with Crippen molar-refractivity contribution in [2.75, 3.05) is 5.32 Å². The molecule has 0 bridgehead atoms. The van der Waals surface area contributed by atoms with Crippen molar-refractivity contribution in [1.29, 1.82) is 0 Å². The number of carbonyl (C=O) groups is 1. The fourth-order valence-electron chi connectivity index (χ4n) is 1.89. The van der Waals surface area contributed by atoms with Gasteiger partial charge in [-0.25, -0.2) is 13.9 Å². The van der Waals surface area contributed by atoms with Crippen LogP contribution in [0.3, 0.4) is 0 Å². The number of aromatic nitrogens is 2. The average molecular weight is 387 g/mol. The second kappa shape index (κ2) is 15.0. The SMILES string of the molecule is C=CCC=C(/C(F)=C\C)n1ccc(NC(=O)Oc2ccccc2)n1.CC.CC. The number of rotatable bonds is 6. The number of allylic oxidation sites excluding steroid dienone is 5. The Balaban J connectivity index is 0.00000171. The maximum Gasteiger partial charge on any atom is 0.418 e. The molecule has 1 aromatic carbocycles. The molecule has 0 fully saturated rings. The van der Waals surface area contributed by atoms with Gasteiger partial charge in [-0.05, 0) is 31.6 Å². The molecule has 0 atom stereocenters. The van der Waals surface area contributed by atoms with Crippen LogP contribution in [0, 0.1) is 0 Å². The largest absolute Gasteiger partial charge is 0.418 e. The van der Waals surface area contributed by atoms with Gasteiger partial charge in [0.15, 0.2) is 5.82 Å². The van der Waals surface area contributed by atoms with Crippen LogP contribution in [0.4, 0.5) is 15.0 Å². The zero-order valence-corrected chi connectivity index (χ0v) is 17.3. The number of nitrogens with one attached hydrogen (secondary N) is 1. The zero-order chi connectivity index (χ0) is 21.4. The van der Waals surface area contributed by atoms with E-state index in [1.807, 2.05) is 33.8 Å². The van der Waals surface area contributed by atoms with Crippen LogP contribution in [-0.4, -0.2) is 15.9 Å². The van der Waals surface area contributed by atoms with E-state index in [1.54, 1.807) is 55.6 Å². The number of anilines is 1. The Bertz CT molecular complexity index is 765. The van der Waals surface area contributed by atoms with Crippen LogP contribution in [0.1, 0.15) is 41.0 Å². The molecule has 1 N–H and O–H groups in total. The summed E-state index contributed by atoms with van der Waals surface area (Å²) in [6.45, 7) is 13.2. The molecule has 0 saturated heterocycles. The Kier molecular flexibility index (Phi) is 13.3. The van der Waals surface area contributed by atoms with Gasteiger partial charge in [-0.1, -0.05) is 58.0 Å². The lowest BCUT2D eigenvalue weighted by molar-refractivity contribution is 0.215. The minimum absolute atomic E-state index is 0.254. The summed E-state index contributed by atoms with van der Waals surface area (Å²) in [6, 6.07) is 10.2. The number of hydrogen-bond acceptors (Lipinski definition) is 3. The quantitative estimate of drug-likeness (QED) is 0.436. The highest BCUT2D eigenvalue weighted by Crippen LogP contribution is 2.19. The summed E-state index contributed by atoms with van der Waals surface area (Å²) >= 11 is 0. The first-order valence-electron chi connectivity index (χ1n) is 9.37. The second-order valence-corrected chi connectivity index (χ2v) is 4.72. The Hall–Kier alpha value is -3.15. The molecule has 2 rings (SSSR count). The van der Waals surface area contributed by atoms with E-state index in [9.17, 15) is 9.18 Å². The molecular weight excluding hydrogens is 357 g/mol. The summed E-state index contributed by atoms with van der Waals surface area (Å²) in [5.41, 5.74) is 0.280. The first-order valence-corrected chi connectivity index (χ1v) is 9.37. The van der Waals surface area contributed by atoms with Gasteiger partial charge in [-0.15, -0.1) is 11.7 Å². The van der Waals surface area contributed by atoms with Crippen molar-refractivity contribution in [3.05, 3.63) is 73.2 Å². The van der Waals surface area contributed by atoms with Crippen molar-refractivity contribution in [3.8, 4) is 5.75 Å². The van der Waals surface area contributed by atoms with E-state index < -0.39 is 11.9 Å². The average Bonchev–Trinajstić information content (AvgIpc) is 3.19. The number of para-hydroxylation sites is 1. The Morgan fingerprint density at radius 1 is 1.21 bits per heavy atom. The van der Waals surface area contributed by atoms with Crippen LogP contribution in [0.15, 0.2) is 73.2 Å². The highest BCUT2D eigenvalue weighted by molar-refractivity contribution is 5.85. The number of nitrogens with zero attached hydrogens (tertiary/aromatic N) is 2. The lowest BCUT2D eigenvalue weighted by Gasteiger charge is -2.06. The molecule has 6 heteroatoms. The number of halogens is 1. The maximum absolute atomic E-state index is 14.0. The third-order valence-electron chi connectivity index (χ3n) is 3.00. The van der Waals surface area contributed by atoms with Crippen LogP contribution in [-0.2, 0) is 0 Å². The minimum atomic E-state index is -0.672. The third kappa shape index (κ3) is 8.49. The van der Waals surface area contributed by atoms with Gasteiger partial charge in [0.2, 0.25) is 0 Å². The molecule has 2 aromatic rings. The molecule has 0 aliphatic rings. The van der Waals surface area contributed by atoms with Gasteiger partial charge in [-0.2, -0.15) is 0 Å². The summed E-state index contributed by atoms with van der Waals surface area (Å²) < 4.78 is 20.4. The van der Waals surface area contributed by atoms with Crippen molar-refractivity contribution in [2.45, 2.75) is 41.0 Å². The van der Waals surface area contributed by atoms with Crippen molar-refractivity contribution in [1.82, 2.24) is 9.78 Å². The van der Waals surface area contributed by atoms with Gasteiger partial charge in [0.05, 0.1) is 5.70 Å². The monoisotopic (exact) mass is 387 g/mol. The molecule has 0 unspecified atom stereocenters. The van der Waals surface area contributed by atoms with Gasteiger partial charge in [0.1, 0.15) is 11.6 Å². The molecule has 0 aliphatic carbocycles. The summed E-state index contributed by atoms with van der Waals surface area (Å²) in [7, 11) is 0. The highest BCUT2D eigenvalue weighted by atomic mass is 19.1. The van der Waals surface area contributed by atoms with E-state index in [1.165, 1.54) is 10.8 Å². The molecule has 0 saturated carbocycles. The number of benzene rings is 1. The first kappa shape index (κ1) is 24.8. The van der Waals surface area contributed by atoms with Crippen LogP contribution < -0.4 is 10.1 Å². The van der Waals surface area contributed by atoms with E-state index in [0.29, 0.717) is 12.2 Å². The minimum Gasteiger partial charge on any atom is -0.410 e. The second-order valence-electron chi connectivity index (χ2n) is 4.72. The van der Waals surface area contributed by atoms with Crippen molar-refractivity contribution < 1.29 is 13.9 Å². The fourth-order valence-corrected chi connectivity index (χ4v) is 1.89. The standard InChI is InChI=1S/C18H18FN3O2.2C2H6/c1-3-5-11-16(15(19)4-2)22-13-12-17(21-22)20-18(23)24-14-9-7-6-8-10-14;2*1-2/h3-4,6-13H,1,5H2,2H3,(H,20,21,23);2*1-2H3/b15-4+,16-11?;;. The van der Waals surface area contributed by atoms with Crippen molar-refractivity contribution in [3.63, 3.8) is 0 Å². The van der Waals surface area contributed by atoms with E-state index >= 15 is 0 Å². The predicted octanol–water partition coefficient (Wildman–Crippen LogP) is 6.84. The Labute approximate surface area is 167 Å². The lowest BCUT2D eigenvalue weighted by Crippen LogP contribution is -2.17. The number of ether oxygens (including phenoxy) is 1. The molecule has 0 spiro atoms. The molecule has 0 aliphatic heterocycles. The normalized spacial score (nSPS) is 10.6. The van der Waals surface area contributed by atoms with Gasteiger partial charge in [0.25, 0.3) is 0 Å². The van der Waals surface area contributed by atoms with Gasteiger partial charge in [-0.3, -0.25) is 5.32 Å². The molecule has 1 amide bonds. The van der Waals surface area contributed by atoms with Gasteiger partial charge < -0.3 is 4.74 Å². The number of amides is 1. The van der Waals surface area contributed by atoms with E-state index in [2.05, 4.69) is 17.0 Å². The van der Waals surface area contributed by atoms with Crippen molar-refractivity contribution >= 4 is 17.6 Å². The highest BCUT2D eigenvalue weighted by Gasteiger charge is 2.11. The zero-order valence-electron chi connectivity index (χ0n) is 17.3. The summed E-state index contributed by atoms with van der Waals surface area (Å²) in [5, 5.41) is 6.63. The first-order chi connectivity index (χ1) is 13.6. The lowest BCUT2D eigenvalue weighted by atomic mass is 10.3. The van der Waals surface area contributed by atoms with E-state index in [-0.39, 0.29) is 11.5 Å². The topological polar surface area (TPSA) is 56.2 Å². The van der Waals surface area contributed by atoms with Crippen LogP contribution >= 0.6 is 0 Å². The summed E-state index contributed by atoms with van der Waals surface area (Å²) in [6.07, 6.45) is 6.03. The van der Waals surface area contributed by atoms with Crippen LogP contribution in [0.2, 0.25) is 0 Å². The van der Waals surface area contributed by atoms with Gasteiger partial charge in [0, 0.05) is 12.3 Å². The molecule has 28 heavy (non-hydrogen) atoms. The Morgan fingerprint density at radius 3 is 2.43 bits per heavy atom. The maximum atomic E-state index is 14.0. The summed E-state index contributed by atoms with van der Waals surface area (Å²) in [5.74, 6) is 0.253. The van der Waals surface area contributed by atoms with E-state index in [0.717, 1.165) is 0 Å². The molecule has 152 valence electrons. The molecule has 1 heterocycles. The predicted molar refractivity (Wildman–Crippen MR) is 115 cm³/mol. The van der Waals surface area contributed by atoms with Crippen LogP contribution in [0.25, 0.3) is 5.70 Å².